The minimum Gasteiger partial charge on any atom is -0.395 e. The van der Waals surface area contributed by atoms with Crippen molar-refractivity contribution in [2.75, 3.05) is 37.7 Å². The van der Waals surface area contributed by atoms with Crippen LogP contribution in [0.3, 0.4) is 0 Å². The third-order valence-corrected chi connectivity index (χ3v) is 8.88. The number of rotatable bonds is 11. The maximum absolute atomic E-state index is 14.5. The number of aliphatic hydroxyl groups excluding tert-OH is 1. The summed E-state index contributed by atoms with van der Waals surface area (Å²) in [7, 11) is 0. The first-order chi connectivity index (χ1) is 18.2. The minimum atomic E-state index is -1.17. The third kappa shape index (κ3) is 4.52. The second-order valence-corrected chi connectivity index (χ2v) is 11.7. The molecular weight excluding hydrogens is 550 g/mol. The van der Waals surface area contributed by atoms with Gasteiger partial charge in [0.25, 0.3) is 5.91 Å². The van der Waals surface area contributed by atoms with Crippen molar-refractivity contribution >= 4 is 39.3 Å². The van der Waals surface area contributed by atoms with E-state index in [4.69, 9.17) is 4.74 Å². The van der Waals surface area contributed by atoms with Crippen LogP contribution in [0.2, 0.25) is 0 Å². The number of alkyl halides is 1. The average molecular weight is 589 g/mol. The van der Waals surface area contributed by atoms with Crippen LogP contribution in [0, 0.1) is 25.7 Å². The van der Waals surface area contributed by atoms with Crippen LogP contribution in [0.15, 0.2) is 43.5 Å². The van der Waals surface area contributed by atoms with Crippen molar-refractivity contribution in [1.29, 1.82) is 0 Å². The summed E-state index contributed by atoms with van der Waals surface area (Å²) in [5.41, 5.74) is 1.48. The minimum absolute atomic E-state index is 0.0184. The molecule has 1 spiro atoms. The number of aryl methyl sites for hydroxylation is 2. The standard InChI is InChI=1S/C29H38BrN3O5/c1-6-11-31(12-7-2)26(35)22-23-27(36)33(14-15-34)25(29(23)17-20(30)24(22)38-29)28(37)32(13-8-3)21-16-18(4)9-10-19(21)5/h6,8-10,16,20,22-25,34H,1,3,7,11-15,17H2,2,4-5H3/t20?,22-,23-,24-,25?,29?/m0/s1. The van der Waals surface area contributed by atoms with E-state index in [0.717, 1.165) is 23.2 Å². The Hall–Kier alpha value is -2.49. The molecule has 3 amide bonds. The largest absolute Gasteiger partial charge is 0.395 e. The third-order valence-electron chi connectivity index (χ3n) is 8.04. The molecule has 3 unspecified atom stereocenters. The van der Waals surface area contributed by atoms with Crippen molar-refractivity contribution in [3.8, 4) is 0 Å². The Kier molecular flexibility index (Phi) is 8.49. The molecule has 9 heteroatoms. The second-order valence-electron chi connectivity index (χ2n) is 10.5. The van der Waals surface area contributed by atoms with Crippen LogP contribution in [-0.2, 0) is 19.1 Å². The molecule has 0 aliphatic carbocycles. The van der Waals surface area contributed by atoms with Gasteiger partial charge in [0, 0.05) is 36.7 Å². The van der Waals surface area contributed by atoms with Crippen molar-refractivity contribution in [3.63, 3.8) is 0 Å². The highest BCUT2D eigenvalue weighted by Gasteiger charge is 2.76. The van der Waals surface area contributed by atoms with Crippen LogP contribution in [0.5, 0.6) is 0 Å². The number of aliphatic hydroxyl groups is 1. The Balaban J connectivity index is 1.80. The van der Waals surface area contributed by atoms with Gasteiger partial charge in [0.1, 0.15) is 11.6 Å². The fourth-order valence-electron chi connectivity index (χ4n) is 6.56. The normalized spacial score (nSPS) is 29.3. The summed E-state index contributed by atoms with van der Waals surface area (Å²) in [6.45, 7) is 14.4. The molecule has 3 saturated heterocycles. The molecular formula is C29H38BrN3O5. The molecule has 3 aliphatic rings. The molecule has 3 aliphatic heterocycles. The second kappa shape index (κ2) is 11.3. The first-order valence-electron chi connectivity index (χ1n) is 13.3. The van der Waals surface area contributed by atoms with Gasteiger partial charge in [-0.05, 0) is 43.9 Å². The number of β-amino-alcohol motifs (C(OH)–C–C–N with tert-alkyl or cyclic N) is 1. The number of hydrogen-bond donors (Lipinski definition) is 1. The van der Waals surface area contributed by atoms with E-state index in [1.165, 1.54) is 4.90 Å². The van der Waals surface area contributed by atoms with E-state index in [2.05, 4.69) is 29.1 Å². The Morgan fingerprint density at radius 1 is 1.24 bits per heavy atom. The molecule has 3 heterocycles. The molecule has 0 aromatic heterocycles. The van der Waals surface area contributed by atoms with Crippen LogP contribution >= 0.6 is 15.9 Å². The summed E-state index contributed by atoms with van der Waals surface area (Å²) < 4.78 is 6.60. The molecule has 1 aromatic rings. The molecule has 1 aromatic carbocycles. The average Bonchev–Trinajstić information content (AvgIpc) is 3.47. The maximum atomic E-state index is 14.5. The lowest BCUT2D eigenvalue weighted by atomic mass is 9.70. The van der Waals surface area contributed by atoms with Crippen LogP contribution in [0.25, 0.3) is 0 Å². The van der Waals surface area contributed by atoms with Crippen LogP contribution in [0.4, 0.5) is 5.69 Å². The number of anilines is 1. The SMILES string of the molecule is C=CCN(CCC)C(=O)[C@H]1[C@H]2C(=O)N(CCO)C(C(=O)N(CC=C)c3cc(C)ccc3C)C23CC(Br)[C@@H]1O3. The van der Waals surface area contributed by atoms with Crippen molar-refractivity contribution in [3.05, 3.63) is 54.6 Å². The van der Waals surface area contributed by atoms with Gasteiger partial charge in [-0.3, -0.25) is 14.4 Å². The molecule has 206 valence electrons. The molecule has 4 rings (SSSR count). The summed E-state index contributed by atoms with van der Waals surface area (Å²) in [5.74, 6) is -2.29. The zero-order valence-corrected chi connectivity index (χ0v) is 24.0. The van der Waals surface area contributed by atoms with Gasteiger partial charge in [-0.15, -0.1) is 13.2 Å². The predicted molar refractivity (Wildman–Crippen MR) is 150 cm³/mol. The molecule has 2 bridgehead atoms. The first-order valence-corrected chi connectivity index (χ1v) is 14.2. The Morgan fingerprint density at radius 3 is 2.58 bits per heavy atom. The predicted octanol–water partition coefficient (Wildman–Crippen LogP) is 2.99. The lowest BCUT2D eigenvalue weighted by Gasteiger charge is -2.37. The summed E-state index contributed by atoms with van der Waals surface area (Å²) in [4.78, 5) is 47.0. The maximum Gasteiger partial charge on any atom is 0.253 e. The zero-order valence-electron chi connectivity index (χ0n) is 22.4. The van der Waals surface area contributed by atoms with Gasteiger partial charge in [0.15, 0.2) is 0 Å². The highest BCUT2D eigenvalue weighted by Crippen LogP contribution is 2.60. The lowest BCUT2D eigenvalue weighted by Crippen LogP contribution is -2.57. The van der Waals surface area contributed by atoms with E-state index >= 15 is 0 Å². The van der Waals surface area contributed by atoms with E-state index in [1.54, 1.807) is 22.0 Å². The first kappa shape index (κ1) is 28.5. The van der Waals surface area contributed by atoms with Gasteiger partial charge in [-0.1, -0.05) is 47.1 Å². The van der Waals surface area contributed by atoms with E-state index in [9.17, 15) is 19.5 Å². The van der Waals surface area contributed by atoms with Crippen LogP contribution in [0.1, 0.15) is 30.9 Å². The van der Waals surface area contributed by atoms with Gasteiger partial charge in [-0.25, -0.2) is 0 Å². The smallest absolute Gasteiger partial charge is 0.253 e. The number of benzene rings is 1. The topological polar surface area (TPSA) is 90.4 Å². The molecule has 6 atom stereocenters. The summed E-state index contributed by atoms with van der Waals surface area (Å²) in [6, 6.07) is 4.92. The highest BCUT2D eigenvalue weighted by atomic mass is 79.9. The monoisotopic (exact) mass is 587 g/mol. The van der Waals surface area contributed by atoms with Crippen molar-refractivity contribution in [1.82, 2.24) is 9.80 Å². The van der Waals surface area contributed by atoms with E-state index in [-0.39, 0.29) is 42.2 Å². The van der Waals surface area contributed by atoms with Crippen molar-refractivity contribution in [2.24, 2.45) is 11.8 Å². The van der Waals surface area contributed by atoms with Gasteiger partial charge in [0.05, 0.1) is 24.5 Å². The number of hydrogen-bond acceptors (Lipinski definition) is 5. The number of ether oxygens (including phenoxy) is 1. The number of halogens is 1. The number of carbonyl (C=O) groups is 3. The van der Waals surface area contributed by atoms with Gasteiger partial charge >= 0.3 is 0 Å². The van der Waals surface area contributed by atoms with Gasteiger partial charge in [-0.2, -0.15) is 0 Å². The van der Waals surface area contributed by atoms with Gasteiger partial charge < -0.3 is 24.5 Å². The molecule has 3 fully saturated rings. The molecule has 0 radical (unpaired) electrons. The van der Waals surface area contributed by atoms with E-state index in [0.29, 0.717) is 19.5 Å². The number of carbonyl (C=O) groups excluding carboxylic acids is 3. The van der Waals surface area contributed by atoms with Crippen LogP contribution in [-0.4, -0.2) is 88.0 Å². The lowest BCUT2D eigenvalue weighted by molar-refractivity contribution is -0.145. The summed E-state index contributed by atoms with van der Waals surface area (Å²) in [6.07, 6.45) is 4.00. The number of amides is 3. The summed E-state index contributed by atoms with van der Waals surface area (Å²) >= 11 is 3.72. The van der Waals surface area contributed by atoms with Crippen LogP contribution < -0.4 is 4.90 Å². The number of likely N-dealkylation sites (tertiary alicyclic amines) is 1. The molecule has 8 nitrogen and oxygen atoms in total. The molecule has 0 saturated carbocycles. The zero-order chi connectivity index (χ0) is 27.8. The van der Waals surface area contributed by atoms with E-state index < -0.39 is 29.6 Å². The number of fused-ring (bicyclic) bond motifs is 1. The quantitative estimate of drug-likeness (QED) is 0.317. The Bertz CT molecular complexity index is 1130. The summed E-state index contributed by atoms with van der Waals surface area (Å²) in [5, 5.41) is 9.90. The Morgan fingerprint density at radius 2 is 1.95 bits per heavy atom. The number of nitrogens with zero attached hydrogens (tertiary/aromatic N) is 3. The van der Waals surface area contributed by atoms with Crippen molar-refractivity contribution < 1.29 is 24.2 Å². The van der Waals surface area contributed by atoms with Crippen molar-refractivity contribution in [2.45, 2.75) is 56.2 Å². The van der Waals surface area contributed by atoms with Gasteiger partial charge in [0.2, 0.25) is 11.8 Å². The molecule has 38 heavy (non-hydrogen) atoms. The Labute approximate surface area is 233 Å². The van der Waals surface area contributed by atoms with E-state index in [1.807, 2.05) is 39.0 Å². The fourth-order valence-corrected chi connectivity index (χ4v) is 7.50. The fraction of sp³-hybridized carbons (Fsp3) is 0.552. The highest BCUT2D eigenvalue weighted by molar-refractivity contribution is 9.09. The molecule has 1 N–H and O–H groups in total.